The fraction of sp³-hybridized carbons (Fsp3) is 0.409. The summed E-state index contributed by atoms with van der Waals surface area (Å²) in [6.07, 6.45) is 0.769. The maximum Gasteiger partial charge on any atom is 0.325 e. The van der Waals surface area contributed by atoms with Gasteiger partial charge in [-0.15, -0.1) is 0 Å². The van der Waals surface area contributed by atoms with E-state index in [1.54, 1.807) is 31.2 Å². The van der Waals surface area contributed by atoms with Crippen molar-refractivity contribution in [3.63, 3.8) is 0 Å². The maximum atomic E-state index is 13.2. The van der Waals surface area contributed by atoms with Crippen LogP contribution >= 0.6 is 0 Å². The Balaban J connectivity index is 1.59. The van der Waals surface area contributed by atoms with E-state index >= 15 is 0 Å². The van der Waals surface area contributed by atoms with Crippen molar-refractivity contribution in [1.82, 2.24) is 14.8 Å². The number of carbonyl (C=O) groups excluding carboxylic acids is 3. The number of nitrogens with zero attached hydrogens (tertiary/aromatic N) is 2. The van der Waals surface area contributed by atoms with Crippen molar-refractivity contribution in [3.8, 4) is 11.5 Å². The zero-order valence-electron chi connectivity index (χ0n) is 17.6. The van der Waals surface area contributed by atoms with Crippen molar-refractivity contribution >= 4 is 17.7 Å². The number of nitrogens with one attached hydrogen (secondary N) is 1. The van der Waals surface area contributed by atoms with Gasteiger partial charge in [-0.2, -0.15) is 0 Å². The molecule has 2 aliphatic rings. The largest absolute Gasteiger partial charge is 0.490 e. The second-order valence-corrected chi connectivity index (χ2v) is 7.93. The average Bonchev–Trinajstić information content (AvgIpc) is 3.00. The highest BCUT2D eigenvalue weighted by molar-refractivity contribution is 6.11. The first-order valence-electron chi connectivity index (χ1n) is 9.92. The predicted octanol–water partition coefficient (Wildman–Crippen LogP) is 2.45. The maximum absolute atomic E-state index is 13.2. The second-order valence-electron chi connectivity index (χ2n) is 7.93. The third-order valence-corrected chi connectivity index (χ3v) is 5.98. The van der Waals surface area contributed by atoms with E-state index in [-0.39, 0.29) is 12.3 Å². The van der Waals surface area contributed by atoms with Crippen LogP contribution in [0, 0.1) is 13.8 Å². The lowest BCUT2D eigenvalue weighted by atomic mass is 9.91. The van der Waals surface area contributed by atoms with Gasteiger partial charge in [0.05, 0.1) is 19.8 Å². The van der Waals surface area contributed by atoms with Gasteiger partial charge in [-0.1, -0.05) is 6.07 Å². The molecule has 1 N–H and O–H groups in total. The SMILES string of the molecule is Cc1cc(C(=O)CN2C(=O)N[C@@](C)(c3ccc4c(c3)OCCCO4)C2=O)c(C)n1C. The Kier molecular flexibility index (Phi) is 4.80. The van der Waals surface area contributed by atoms with E-state index in [2.05, 4.69) is 5.32 Å². The summed E-state index contributed by atoms with van der Waals surface area (Å²) in [6.45, 7) is 6.15. The molecule has 1 fully saturated rings. The number of hydrogen-bond acceptors (Lipinski definition) is 5. The van der Waals surface area contributed by atoms with Crippen LogP contribution in [0.2, 0.25) is 0 Å². The molecule has 1 atom stereocenters. The molecule has 0 unspecified atom stereocenters. The highest BCUT2D eigenvalue weighted by atomic mass is 16.5. The summed E-state index contributed by atoms with van der Waals surface area (Å²) in [5, 5.41) is 2.74. The molecular formula is C22H25N3O5. The Labute approximate surface area is 174 Å². The molecule has 3 amide bonds. The van der Waals surface area contributed by atoms with Crippen molar-refractivity contribution in [2.75, 3.05) is 19.8 Å². The molecule has 2 aromatic rings. The lowest BCUT2D eigenvalue weighted by Crippen LogP contribution is -2.41. The van der Waals surface area contributed by atoms with Gasteiger partial charge in [-0.25, -0.2) is 4.79 Å². The van der Waals surface area contributed by atoms with E-state index in [0.717, 1.165) is 22.7 Å². The molecule has 2 aliphatic heterocycles. The smallest absolute Gasteiger partial charge is 0.325 e. The summed E-state index contributed by atoms with van der Waals surface area (Å²) in [5.41, 5.74) is 1.54. The fourth-order valence-corrected chi connectivity index (χ4v) is 3.88. The van der Waals surface area contributed by atoms with Crippen molar-refractivity contribution in [2.45, 2.75) is 32.7 Å². The summed E-state index contributed by atoms with van der Waals surface area (Å²) in [4.78, 5) is 39.6. The van der Waals surface area contributed by atoms with Crippen LogP contribution in [0.3, 0.4) is 0 Å². The summed E-state index contributed by atoms with van der Waals surface area (Å²) >= 11 is 0. The highest BCUT2D eigenvalue weighted by Crippen LogP contribution is 2.36. The van der Waals surface area contributed by atoms with Gasteiger partial charge in [0, 0.05) is 30.4 Å². The number of imide groups is 1. The van der Waals surface area contributed by atoms with Gasteiger partial charge >= 0.3 is 6.03 Å². The Morgan fingerprint density at radius 1 is 1.13 bits per heavy atom. The van der Waals surface area contributed by atoms with Gasteiger partial charge in [0.25, 0.3) is 5.91 Å². The zero-order valence-corrected chi connectivity index (χ0v) is 17.6. The van der Waals surface area contributed by atoms with E-state index in [9.17, 15) is 14.4 Å². The van der Waals surface area contributed by atoms with Crippen LogP contribution in [0.5, 0.6) is 11.5 Å². The lowest BCUT2D eigenvalue weighted by Gasteiger charge is -2.23. The average molecular weight is 411 g/mol. The van der Waals surface area contributed by atoms with Crippen LogP contribution in [0.1, 0.15) is 40.7 Å². The third kappa shape index (κ3) is 3.12. The number of Topliss-reactive ketones (excluding diaryl/α,β-unsaturated/α-hetero) is 1. The van der Waals surface area contributed by atoms with Crippen LogP contribution in [-0.2, 0) is 17.4 Å². The lowest BCUT2D eigenvalue weighted by molar-refractivity contribution is -0.130. The number of benzene rings is 1. The van der Waals surface area contributed by atoms with Crippen LogP contribution in [0.4, 0.5) is 4.79 Å². The van der Waals surface area contributed by atoms with E-state index < -0.39 is 17.5 Å². The van der Waals surface area contributed by atoms with Crippen molar-refractivity contribution in [1.29, 1.82) is 0 Å². The summed E-state index contributed by atoms with van der Waals surface area (Å²) in [5.74, 6) is 0.403. The molecule has 0 saturated carbocycles. The zero-order chi connectivity index (χ0) is 21.6. The molecular weight excluding hydrogens is 386 g/mol. The number of fused-ring (bicyclic) bond motifs is 1. The number of ketones is 1. The van der Waals surface area contributed by atoms with Crippen molar-refractivity contribution in [3.05, 3.63) is 46.8 Å². The molecule has 3 heterocycles. The van der Waals surface area contributed by atoms with Crippen LogP contribution in [-0.4, -0.2) is 46.9 Å². The molecule has 8 nitrogen and oxygen atoms in total. The molecule has 0 aliphatic carbocycles. The number of amides is 3. The molecule has 8 heteroatoms. The Morgan fingerprint density at radius 3 is 2.50 bits per heavy atom. The first kappa shape index (κ1) is 20.0. The fourth-order valence-electron chi connectivity index (χ4n) is 3.88. The summed E-state index contributed by atoms with van der Waals surface area (Å²) < 4.78 is 13.3. The number of aryl methyl sites for hydroxylation is 1. The van der Waals surface area contributed by atoms with E-state index in [1.165, 1.54) is 0 Å². The second kappa shape index (κ2) is 7.19. The van der Waals surface area contributed by atoms with Gasteiger partial charge in [-0.05, 0) is 44.5 Å². The van der Waals surface area contributed by atoms with Crippen molar-refractivity contribution < 1.29 is 23.9 Å². The monoisotopic (exact) mass is 411 g/mol. The Bertz CT molecular complexity index is 1060. The first-order valence-corrected chi connectivity index (χ1v) is 9.92. The molecule has 0 spiro atoms. The van der Waals surface area contributed by atoms with Gasteiger partial charge < -0.3 is 19.4 Å². The number of ether oxygens (including phenoxy) is 2. The molecule has 4 rings (SSSR count). The highest BCUT2D eigenvalue weighted by Gasteiger charge is 2.50. The molecule has 0 bridgehead atoms. The molecule has 0 radical (unpaired) electrons. The third-order valence-electron chi connectivity index (χ3n) is 5.98. The first-order chi connectivity index (χ1) is 14.2. The molecule has 1 aromatic carbocycles. The number of urea groups is 1. The number of carbonyl (C=O) groups is 3. The van der Waals surface area contributed by atoms with Gasteiger partial charge in [0.1, 0.15) is 5.54 Å². The summed E-state index contributed by atoms with van der Waals surface area (Å²) in [6, 6.07) is 6.38. The Morgan fingerprint density at radius 2 is 1.83 bits per heavy atom. The van der Waals surface area contributed by atoms with Gasteiger partial charge in [0.15, 0.2) is 17.3 Å². The van der Waals surface area contributed by atoms with Crippen LogP contribution in [0.15, 0.2) is 24.3 Å². The summed E-state index contributed by atoms with van der Waals surface area (Å²) in [7, 11) is 1.87. The van der Waals surface area contributed by atoms with E-state index in [4.69, 9.17) is 9.47 Å². The van der Waals surface area contributed by atoms with Crippen molar-refractivity contribution in [2.24, 2.45) is 7.05 Å². The molecule has 1 aromatic heterocycles. The van der Waals surface area contributed by atoms with Gasteiger partial charge in [-0.3, -0.25) is 14.5 Å². The van der Waals surface area contributed by atoms with Crippen LogP contribution < -0.4 is 14.8 Å². The normalized spacial score (nSPS) is 20.9. The van der Waals surface area contributed by atoms with Gasteiger partial charge in [0.2, 0.25) is 0 Å². The molecule has 30 heavy (non-hydrogen) atoms. The quantitative estimate of drug-likeness (QED) is 0.617. The number of rotatable bonds is 4. The number of hydrogen-bond donors (Lipinski definition) is 1. The minimum atomic E-state index is -1.29. The standard InChI is InChI=1S/C22H25N3O5/c1-13-10-16(14(2)24(13)4)17(26)12-25-20(27)22(3,23-21(25)28)15-6-7-18-19(11-15)30-9-5-8-29-18/h6-7,10-11H,5,8-9,12H2,1-4H3,(H,23,28)/t22-/m0/s1. The predicted molar refractivity (Wildman–Crippen MR) is 109 cm³/mol. The Hall–Kier alpha value is -3.29. The number of aromatic nitrogens is 1. The molecule has 158 valence electrons. The molecule has 1 saturated heterocycles. The minimum Gasteiger partial charge on any atom is -0.490 e. The van der Waals surface area contributed by atoms with E-state index in [0.29, 0.717) is 35.8 Å². The van der Waals surface area contributed by atoms with Crippen LogP contribution in [0.25, 0.3) is 0 Å². The van der Waals surface area contributed by atoms with E-state index in [1.807, 2.05) is 25.5 Å². The topological polar surface area (TPSA) is 89.9 Å². The minimum absolute atomic E-state index is 0.275.